The second-order valence-corrected chi connectivity index (χ2v) is 7.28. The normalized spacial score (nSPS) is 11.1. The summed E-state index contributed by atoms with van der Waals surface area (Å²) in [5.41, 5.74) is 1.05. The molecule has 3 heterocycles. The second kappa shape index (κ2) is 8.15. The maximum Gasteiger partial charge on any atom is 0.257 e. The number of H-pyrrole nitrogens is 1. The third-order valence-corrected chi connectivity index (χ3v) is 5.04. The van der Waals surface area contributed by atoms with Gasteiger partial charge in [-0.3, -0.25) is 14.3 Å². The molecule has 0 spiro atoms. The highest BCUT2D eigenvalue weighted by Gasteiger charge is 2.12. The molecule has 0 aliphatic heterocycles. The SMILES string of the molecule is O=C(Cn1ccc(Nc2ccnc3[nH]c(=O)c4ccccc4c23)n1)Nc1ccc(F)c(F)c1. The zero-order valence-corrected chi connectivity index (χ0v) is 17.0. The molecule has 0 saturated heterocycles. The Morgan fingerprint density at radius 3 is 2.67 bits per heavy atom. The molecular weight excluding hydrogens is 430 g/mol. The predicted octanol–water partition coefficient (Wildman–Crippen LogP) is 3.93. The Balaban J connectivity index is 1.38. The Morgan fingerprint density at radius 2 is 1.85 bits per heavy atom. The van der Waals surface area contributed by atoms with Gasteiger partial charge in [-0.25, -0.2) is 13.8 Å². The monoisotopic (exact) mass is 446 g/mol. The van der Waals surface area contributed by atoms with Crippen LogP contribution in [0.5, 0.6) is 0 Å². The number of rotatable bonds is 5. The number of hydrogen-bond acceptors (Lipinski definition) is 5. The lowest BCUT2D eigenvalue weighted by atomic mass is 10.1. The van der Waals surface area contributed by atoms with Crippen molar-refractivity contribution in [2.24, 2.45) is 0 Å². The molecule has 0 radical (unpaired) electrons. The van der Waals surface area contributed by atoms with E-state index in [0.717, 1.165) is 22.9 Å². The minimum Gasteiger partial charge on any atom is -0.338 e. The van der Waals surface area contributed by atoms with Crippen molar-refractivity contribution >= 4 is 44.9 Å². The summed E-state index contributed by atoms with van der Waals surface area (Å²) in [6.07, 6.45) is 3.18. The quantitative estimate of drug-likeness (QED) is 0.355. The summed E-state index contributed by atoms with van der Waals surface area (Å²) in [6, 6.07) is 13.8. The van der Waals surface area contributed by atoms with Gasteiger partial charge >= 0.3 is 0 Å². The molecule has 0 saturated carbocycles. The molecule has 1 amide bonds. The van der Waals surface area contributed by atoms with E-state index < -0.39 is 17.5 Å². The summed E-state index contributed by atoms with van der Waals surface area (Å²) >= 11 is 0. The van der Waals surface area contributed by atoms with Crippen LogP contribution < -0.4 is 16.2 Å². The van der Waals surface area contributed by atoms with E-state index in [4.69, 9.17) is 0 Å². The number of carbonyl (C=O) groups excluding carboxylic acids is 1. The molecule has 0 unspecified atom stereocenters. The van der Waals surface area contributed by atoms with Crippen LogP contribution in [-0.4, -0.2) is 25.7 Å². The van der Waals surface area contributed by atoms with Crippen molar-refractivity contribution < 1.29 is 13.6 Å². The molecular formula is C23H16F2N6O2. The minimum atomic E-state index is -1.04. The van der Waals surface area contributed by atoms with Crippen LogP contribution in [-0.2, 0) is 11.3 Å². The van der Waals surface area contributed by atoms with Gasteiger partial charge in [-0.15, -0.1) is 0 Å². The van der Waals surface area contributed by atoms with Gasteiger partial charge in [-0.2, -0.15) is 5.10 Å². The Morgan fingerprint density at radius 1 is 1.03 bits per heavy atom. The van der Waals surface area contributed by atoms with Crippen molar-refractivity contribution in [1.82, 2.24) is 19.7 Å². The Bertz CT molecular complexity index is 1580. The van der Waals surface area contributed by atoms with Crippen LogP contribution in [0.25, 0.3) is 21.8 Å². The van der Waals surface area contributed by atoms with Gasteiger partial charge in [-0.05, 0) is 24.3 Å². The van der Waals surface area contributed by atoms with Crippen LogP contribution in [0.2, 0.25) is 0 Å². The topological polar surface area (TPSA) is 105 Å². The van der Waals surface area contributed by atoms with Crippen molar-refractivity contribution in [2.75, 3.05) is 10.6 Å². The third-order valence-electron chi connectivity index (χ3n) is 5.04. The number of carbonyl (C=O) groups is 1. The van der Waals surface area contributed by atoms with E-state index >= 15 is 0 Å². The molecule has 0 atom stereocenters. The maximum absolute atomic E-state index is 13.3. The number of aromatic nitrogens is 4. The molecule has 33 heavy (non-hydrogen) atoms. The molecule has 5 aromatic rings. The summed E-state index contributed by atoms with van der Waals surface area (Å²) < 4.78 is 27.8. The van der Waals surface area contributed by atoms with Gasteiger partial charge in [0.05, 0.1) is 5.69 Å². The standard InChI is InChI=1S/C23H16F2N6O2/c24-16-6-5-13(11-17(16)25)27-20(32)12-31-10-8-19(30-31)28-18-7-9-26-22-21(18)14-3-1-2-4-15(14)23(33)29-22/h1-11H,12H2,(H,27,32)(H2,26,28,29,30,33). The van der Waals surface area contributed by atoms with Gasteiger partial charge < -0.3 is 15.6 Å². The van der Waals surface area contributed by atoms with Crippen molar-refractivity contribution in [3.63, 3.8) is 0 Å². The first-order valence-corrected chi connectivity index (χ1v) is 9.93. The van der Waals surface area contributed by atoms with E-state index in [0.29, 0.717) is 22.5 Å². The predicted molar refractivity (Wildman–Crippen MR) is 120 cm³/mol. The van der Waals surface area contributed by atoms with Crippen molar-refractivity contribution in [2.45, 2.75) is 6.54 Å². The van der Waals surface area contributed by atoms with E-state index in [9.17, 15) is 18.4 Å². The third kappa shape index (κ3) is 4.01. The molecule has 5 rings (SSSR count). The van der Waals surface area contributed by atoms with E-state index in [-0.39, 0.29) is 17.8 Å². The molecule has 8 nitrogen and oxygen atoms in total. The Hall–Kier alpha value is -4.60. The fourth-order valence-corrected chi connectivity index (χ4v) is 3.58. The summed E-state index contributed by atoms with van der Waals surface area (Å²) in [5, 5.41) is 12.1. The van der Waals surface area contributed by atoms with Crippen LogP contribution in [0.3, 0.4) is 0 Å². The summed E-state index contributed by atoms with van der Waals surface area (Å²) in [5.74, 6) is -2.01. The number of hydrogen-bond donors (Lipinski definition) is 3. The van der Waals surface area contributed by atoms with Gasteiger partial charge in [-0.1, -0.05) is 18.2 Å². The zero-order chi connectivity index (χ0) is 22.9. The highest BCUT2D eigenvalue weighted by molar-refractivity contribution is 6.10. The van der Waals surface area contributed by atoms with Gasteiger partial charge in [0.15, 0.2) is 17.5 Å². The lowest BCUT2D eigenvalue weighted by Crippen LogP contribution is -2.19. The van der Waals surface area contributed by atoms with Gasteiger partial charge in [0.1, 0.15) is 12.2 Å². The number of amides is 1. The number of pyridine rings is 2. The second-order valence-electron chi connectivity index (χ2n) is 7.28. The largest absolute Gasteiger partial charge is 0.338 e. The average Bonchev–Trinajstić information content (AvgIpc) is 3.23. The first-order chi connectivity index (χ1) is 16.0. The smallest absolute Gasteiger partial charge is 0.257 e. The lowest BCUT2D eigenvalue weighted by molar-refractivity contribution is -0.116. The fourth-order valence-electron chi connectivity index (χ4n) is 3.58. The molecule has 164 valence electrons. The van der Waals surface area contributed by atoms with E-state index in [1.54, 1.807) is 36.7 Å². The fraction of sp³-hybridized carbons (Fsp3) is 0.0435. The maximum atomic E-state index is 13.3. The van der Waals surface area contributed by atoms with Crippen LogP contribution in [0.1, 0.15) is 0 Å². The van der Waals surface area contributed by atoms with Crippen LogP contribution in [0.15, 0.2) is 71.8 Å². The summed E-state index contributed by atoms with van der Waals surface area (Å²) in [4.78, 5) is 31.6. The average molecular weight is 446 g/mol. The van der Waals surface area contributed by atoms with E-state index in [1.165, 1.54) is 10.7 Å². The van der Waals surface area contributed by atoms with Gasteiger partial charge in [0.2, 0.25) is 5.91 Å². The number of aromatic amines is 1. The minimum absolute atomic E-state index is 0.131. The van der Waals surface area contributed by atoms with Gasteiger partial charge in [0, 0.05) is 46.4 Å². The molecule has 3 aromatic heterocycles. The Labute approximate surface area is 184 Å². The van der Waals surface area contributed by atoms with Crippen molar-refractivity contribution in [1.29, 1.82) is 0 Å². The Kier molecular flexibility index (Phi) is 5.02. The molecule has 2 aromatic carbocycles. The van der Waals surface area contributed by atoms with Crippen molar-refractivity contribution in [3.05, 3.63) is 89.0 Å². The molecule has 0 fully saturated rings. The number of fused-ring (bicyclic) bond motifs is 3. The number of halogens is 2. The van der Waals surface area contributed by atoms with Crippen LogP contribution in [0.4, 0.5) is 26.0 Å². The zero-order valence-electron chi connectivity index (χ0n) is 17.0. The number of nitrogens with zero attached hydrogens (tertiary/aromatic N) is 3. The summed E-state index contributed by atoms with van der Waals surface area (Å²) in [7, 11) is 0. The number of benzene rings is 2. The van der Waals surface area contributed by atoms with Crippen LogP contribution >= 0.6 is 0 Å². The highest BCUT2D eigenvalue weighted by atomic mass is 19.2. The summed E-state index contributed by atoms with van der Waals surface area (Å²) in [6.45, 7) is -0.131. The number of anilines is 3. The van der Waals surface area contributed by atoms with E-state index in [2.05, 4.69) is 25.7 Å². The molecule has 3 N–H and O–H groups in total. The van der Waals surface area contributed by atoms with E-state index in [1.807, 2.05) is 12.1 Å². The lowest BCUT2D eigenvalue weighted by Gasteiger charge is -2.10. The first kappa shape index (κ1) is 20.3. The van der Waals surface area contributed by atoms with Crippen molar-refractivity contribution in [3.8, 4) is 0 Å². The molecule has 0 aliphatic rings. The van der Waals surface area contributed by atoms with Gasteiger partial charge in [0.25, 0.3) is 5.56 Å². The highest BCUT2D eigenvalue weighted by Crippen LogP contribution is 2.28. The first-order valence-electron chi connectivity index (χ1n) is 9.93. The van der Waals surface area contributed by atoms with Crippen LogP contribution in [0, 0.1) is 11.6 Å². The number of nitrogens with one attached hydrogen (secondary N) is 3. The molecule has 0 bridgehead atoms. The molecule has 10 heteroatoms. The molecule has 0 aliphatic carbocycles.